The van der Waals surface area contributed by atoms with E-state index in [1.54, 1.807) is 0 Å². The van der Waals surface area contributed by atoms with Crippen LogP contribution in [0.1, 0.15) is 12.8 Å². The molecule has 5 N–H and O–H groups in total. The number of likely N-dealkylation sites (N-methyl/N-ethyl adjacent to an activating group) is 1. The van der Waals surface area contributed by atoms with Crippen LogP contribution in [0, 0.1) is 0 Å². The maximum absolute atomic E-state index is 11.3. The number of hydrogen-bond donors (Lipinski definition) is 5. The summed E-state index contributed by atoms with van der Waals surface area (Å²) in [5.41, 5.74) is 0. The molecule has 0 bridgehead atoms. The van der Waals surface area contributed by atoms with Crippen LogP contribution < -0.4 is 10.6 Å². The van der Waals surface area contributed by atoms with E-state index in [1.165, 1.54) is 7.05 Å². The normalized spacial score (nSPS) is 13.4. The molecule has 0 aromatic heterocycles. The molecular weight excluding hydrogens is 248 g/mol. The topological polar surface area (TPSA) is 153 Å². The number of hydrogen-bond acceptors (Lipinski definition) is 5. The lowest BCUT2D eigenvalue weighted by Gasteiger charge is -2.15. The fourth-order valence-corrected chi connectivity index (χ4v) is 1.13. The largest absolute Gasteiger partial charge is 0.481 e. The first-order chi connectivity index (χ1) is 8.27. The monoisotopic (exact) mass is 262 g/mol. The van der Waals surface area contributed by atoms with Crippen LogP contribution in [0.4, 0.5) is 0 Å². The first kappa shape index (κ1) is 15.8. The van der Waals surface area contributed by atoms with Crippen LogP contribution in [-0.2, 0) is 19.2 Å². The highest BCUT2D eigenvalue weighted by molar-refractivity contribution is 5.89. The van der Waals surface area contributed by atoms with Crippen molar-refractivity contribution in [1.29, 1.82) is 0 Å². The third-order valence-electron chi connectivity index (χ3n) is 2.05. The number of rotatable bonds is 8. The number of carboxylic acids is 3. The first-order valence-corrected chi connectivity index (χ1v) is 4.92. The predicted molar refractivity (Wildman–Crippen MR) is 56.9 cm³/mol. The fraction of sp³-hybridized carbons (Fsp3) is 0.556. The van der Waals surface area contributed by atoms with Crippen LogP contribution >= 0.6 is 0 Å². The van der Waals surface area contributed by atoms with Gasteiger partial charge in [0.2, 0.25) is 5.91 Å². The Morgan fingerprint density at radius 3 is 1.78 bits per heavy atom. The molecule has 102 valence electrons. The molecule has 0 aliphatic rings. The van der Waals surface area contributed by atoms with Crippen molar-refractivity contribution in [2.45, 2.75) is 24.9 Å². The number of amides is 1. The fourth-order valence-electron chi connectivity index (χ4n) is 1.13. The second-order valence-corrected chi connectivity index (χ2v) is 3.44. The highest BCUT2D eigenvalue weighted by Crippen LogP contribution is 1.97. The zero-order valence-corrected chi connectivity index (χ0v) is 9.54. The Hall–Kier alpha value is -2.16. The standard InChI is InChI=1S/C9H14N2O7/c1-10-4(8(15)16)2-6(12)11-5(9(17)18)3-7(13)14/h4-5,10H,2-3H2,1H3,(H,11,12)(H,13,14)(H,15,16)(H,17,18). The molecule has 0 saturated heterocycles. The lowest BCUT2D eigenvalue weighted by molar-refractivity contribution is -0.147. The van der Waals surface area contributed by atoms with Gasteiger partial charge in [-0.15, -0.1) is 0 Å². The molecule has 0 spiro atoms. The summed E-state index contributed by atoms with van der Waals surface area (Å²) in [6.07, 6.45) is -1.27. The minimum Gasteiger partial charge on any atom is -0.481 e. The van der Waals surface area contributed by atoms with Gasteiger partial charge in [0, 0.05) is 0 Å². The van der Waals surface area contributed by atoms with E-state index >= 15 is 0 Å². The lowest BCUT2D eigenvalue weighted by Crippen LogP contribution is -2.46. The number of aliphatic carboxylic acids is 3. The van der Waals surface area contributed by atoms with Crippen LogP contribution in [0.25, 0.3) is 0 Å². The third kappa shape index (κ3) is 5.80. The minimum atomic E-state index is -1.58. The Kier molecular flexibility index (Phi) is 6.35. The van der Waals surface area contributed by atoms with Gasteiger partial charge in [-0.25, -0.2) is 4.79 Å². The van der Waals surface area contributed by atoms with Crippen molar-refractivity contribution in [2.75, 3.05) is 7.05 Å². The summed E-state index contributed by atoms with van der Waals surface area (Å²) in [6.45, 7) is 0. The number of carbonyl (C=O) groups is 4. The number of nitrogens with one attached hydrogen (secondary N) is 2. The van der Waals surface area contributed by atoms with Gasteiger partial charge in [0.05, 0.1) is 12.8 Å². The van der Waals surface area contributed by atoms with Gasteiger partial charge in [0.15, 0.2) is 0 Å². The summed E-state index contributed by atoms with van der Waals surface area (Å²) in [6, 6.07) is -2.74. The Morgan fingerprint density at radius 2 is 1.44 bits per heavy atom. The molecule has 0 fully saturated rings. The molecular formula is C9H14N2O7. The second kappa shape index (κ2) is 7.22. The van der Waals surface area contributed by atoms with E-state index in [4.69, 9.17) is 15.3 Å². The van der Waals surface area contributed by atoms with Crippen LogP contribution in [-0.4, -0.2) is 58.3 Å². The van der Waals surface area contributed by atoms with E-state index in [9.17, 15) is 19.2 Å². The van der Waals surface area contributed by atoms with E-state index in [1.807, 2.05) is 5.32 Å². The van der Waals surface area contributed by atoms with Gasteiger partial charge in [-0.05, 0) is 7.05 Å². The lowest BCUT2D eigenvalue weighted by atomic mass is 10.1. The SMILES string of the molecule is CNC(CC(=O)NC(CC(=O)O)C(=O)O)C(=O)O. The van der Waals surface area contributed by atoms with E-state index in [2.05, 4.69) is 5.32 Å². The molecule has 9 heteroatoms. The molecule has 0 aliphatic heterocycles. The summed E-state index contributed by atoms with van der Waals surface area (Å²) < 4.78 is 0. The van der Waals surface area contributed by atoms with Gasteiger partial charge >= 0.3 is 17.9 Å². The van der Waals surface area contributed by atoms with Crippen LogP contribution in [0.15, 0.2) is 0 Å². The van der Waals surface area contributed by atoms with Gasteiger partial charge in [-0.2, -0.15) is 0 Å². The Morgan fingerprint density at radius 1 is 0.944 bits per heavy atom. The summed E-state index contributed by atoms with van der Waals surface area (Å²) in [4.78, 5) is 43.0. The minimum absolute atomic E-state index is 0.491. The van der Waals surface area contributed by atoms with Crippen molar-refractivity contribution in [1.82, 2.24) is 10.6 Å². The molecule has 0 aliphatic carbocycles. The summed E-state index contributed by atoms with van der Waals surface area (Å²) in [5.74, 6) is -5.00. The smallest absolute Gasteiger partial charge is 0.326 e. The van der Waals surface area contributed by atoms with E-state index < -0.39 is 48.7 Å². The molecule has 2 unspecified atom stereocenters. The second-order valence-electron chi connectivity index (χ2n) is 3.44. The molecule has 18 heavy (non-hydrogen) atoms. The van der Waals surface area contributed by atoms with Gasteiger partial charge in [-0.3, -0.25) is 14.4 Å². The van der Waals surface area contributed by atoms with Crippen LogP contribution in [0.5, 0.6) is 0 Å². The van der Waals surface area contributed by atoms with Crippen molar-refractivity contribution in [3.63, 3.8) is 0 Å². The first-order valence-electron chi connectivity index (χ1n) is 4.92. The maximum Gasteiger partial charge on any atom is 0.326 e. The molecule has 0 rings (SSSR count). The van der Waals surface area contributed by atoms with Crippen LogP contribution in [0.3, 0.4) is 0 Å². The maximum atomic E-state index is 11.3. The molecule has 0 radical (unpaired) electrons. The summed E-state index contributed by atoms with van der Waals surface area (Å²) in [5, 5.41) is 30.1. The average Bonchev–Trinajstić information content (AvgIpc) is 2.23. The van der Waals surface area contributed by atoms with E-state index in [-0.39, 0.29) is 0 Å². The van der Waals surface area contributed by atoms with Gasteiger partial charge < -0.3 is 26.0 Å². The highest BCUT2D eigenvalue weighted by Gasteiger charge is 2.25. The average molecular weight is 262 g/mol. The number of carbonyl (C=O) groups excluding carboxylic acids is 1. The molecule has 2 atom stereocenters. The Labute approximate surface area is 102 Å². The quantitative estimate of drug-likeness (QED) is 0.339. The Bertz CT molecular complexity index is 355. The van der Waals surface area contributed by atoms with Crippen molar-refractivity contribution in [3.8, 4) is 0 Å². The van der Waals surface area contributed by atoms with Gasteiger partial charge in [0.25, 0.3) is 0 Å². The highest BCUT2D eigenvalue weighted by atomic mass is 16.4. The van der Waals surface area contributed by atoms with Gasteiger partial charge in [0.1, 0.15) is 12.1 Å². The zero-order chi connectivity index (χ0) is 14.3. The summed E-state index contributed by atoms with van der Waals surface area (Å²) >= 11 is 0. The molecule has 1 amide bonds. The van der Waals surface area contributed by atoms with Crippen LogP contribution in [0.2, 0.25) is 0 Å². The van der Waals surface area contributed by atoms with Crippen molar-refractivity contribution in [2.24, 2.45) is 0 Å². The molecule has 0 saturated carbocycles. The van der Waals surface area contributed by atoms with Gasteiger partial charge in [-0.1, -0.05) is 0 Å². The third-order valence-corrected chi connectivity index (χ3v) is 2.05. The van der Waals surface area contributed by atoms with Crippen molar-refractivity contribution in [3.05, 3.63) is 0 Å². The Balaban J connectivity index is 4.46. The predicted octanol–water partition coefficient (Wildman–Crippen LogP) is -1.91. The molecule has 9 nitrogen and oxygen atoms in total. The number of carboxylic acid groups (broad SMARTS) is 3. The molecule has 0 aromatic carbocycles. The van der Waals surface area contributed by atoms with E-state index in [0.29, 0.717) is 0 Å². The van der Waals surface area contributed by atoms with Crippen molar-refractivity contribution >= 4 is 23.8 Å². The molecule has 0 aromatic rings. The zero-order valence-electron chi connectivity index (χ0n) is 9.54. The van der Waals surface area contributed by atoms with E-state index in [0.717, 1.165) is 0 Å². The summed E-state index contributed by atoms with van der Waals surface area (Å²) in [7, 11) is 1.33. The van der Waals surface area contributed by atoms with Crippen molar-refractivity contribution < 1.29 is 34.5 Å². The molecule has 0 heterocycles.